The summed E-state index contributed by atoms with van der Waals surface area (Å²) in [6.07, 6.45) is 37.9. The maximum atomic E-state index is 2.39. The summed E-state index contributed by atoms with van der Waals surface area (Å²) in [6, 6.07) is 86.9. The van der Waals surface area contributed by atoms with E-state index in [-0.39, 0.29) is 0 Å². The summed E-state index contributed by atoms with van der Waals surface area (Å²) >= 11 is 0. The quantitative estimate of drug-likeness (QED) is 0.0668. The fourth-order valence-electron chi connectivity index (χ4n) is 13.1. The van der Waals surface area contributed by atoms with Gasteiger partial charge in [-0.2, -0.15) is 0 Å². The van der Waals surface area contributed by atoms with E-state index in [2.05, 4.69) is 298 Å². The van der Waals surface area contributed by atoms with Crippen molar-refractivity contribution in [2.24, 2.45) is 11.8 Å². The minimum Gasteiger partial charge on any atom is -0.0901 e. The molecule has 536 valence electrons. The lowest BCUT2D eigenvalue weighted by molar-refractivity contribution is 0.392. The number of hydrogen-bond acceptors (Lipinski definition) is 0. The van der Waals surface area contributed by atoms with Gasteiger partial charge in [0.05, 0.1) is 0 Å². The van der Waals surface area contributed by atoms with Crippen molar-refractivity contribution in [3.8, 4) is 0 Å². The third kappa shape index (κ3) is 43.3. The zero-order valence-corrected chi connectivity index (χ0v) is 70.6. The average molecular weight is 1470 g/mol. The van der Waals surface area contributed by atoms with Crippen LogP contribution < -0.4 is 42.4 Å². The van der Waals surface area contributed by atoms with E-state index < -0.39 is 0 Å². The van der Waals surface area contributed by atoms with Gasteiger partial charge < -0.3 is 0 Å². The van der Waals surface area contributed by atoms with Crippen molar-refractivity contribution in [3.63, 3.8) is 0 Å². The first-order chi connectivity index (χ1) is 48.3. The number of rotatable bonds is 16. The molecule has 0 aromatic heterocycles. The molecular weight excluding hydrogens is 1340 g/mol. The van der Waals surface area contributed by atoms with E-state index in [0.717, 1.165) is 114 Å². The monoisotopic (exact) mass is 1470 g/mol. The first kappa shape index (κ1) is 85.1. The molecule has 0 spiro atoms. The molecule has 0 saturated heterocycles. The summed E-state index contributed by atoms with van der Waals surface area (Å²) in [4.78, 5) is 0. The first-order valence-corrected chi connectivity index (χ1v) is 47.5. The van der Waals surface area contributed by atoms with Crippen molar-refractivity contribution < 1.29 is 0 Å². The zero-order chi connectivity index (χ0) is 70.1. The average Bonchev–Trinajstić information content (AvgIpc) is 3.24. The molecule has 0 amide bonds. The van der Waals surface area contributed by atoms with Crippen molar-refractivity contribution in [3.05, 3.63) is 243 Å². The van der Waals surface area contributed by atoms with E-state index in [4.69, 9.17) is 0 Å². The van der Waals surface area contributed by atoms with Crippen LogP contribution in [-0.2, 0) is 0 Å². The van der Waals surface area contributed by atoms with E-state index in [0.29, 0.717) is 5.16 Å². The van der Waals surface area contributed by atoms with Gasteiger partial charge in [0, 0.05) is 0 Å². The number of benzene rings is 8. The predicted molar refractivity (Wildman–Crippen MR) is 473 cm³/mol. The zero-order valence-electron chi connectivity index (χ0n) is 62.6. The minimum atomic E-state index is 0.432. The highest BCUT2D eigenvalue weighted by Crippen LogP contribution is 2.37. The molecule has 5 aliphatic carbocycles. The largest absolute Gasteiger partial charge is 0.0901 e. The second kappa shape index (κ2) is 53.9. The predicted octanol–water partition coefficient (Wildman–Crippen LogP) is 25.1. The normalized spacial score (nSPS) is 18.4. The molecule has 8 aromatic rings. The Morgan fingerprint density at radius 1 is 0.273 bits per heavy atom. The second-order valence-corrected chi connectivity index (χ2v) is 43.8. The summed E-state index contributed by atoms with van der Waals surface area (Å²) in [5, 5.41) is 12.6. The fraction of sp³-hybridized carbons (Fsp3) is 0.473. The van der Waals surface area contributed by atoms with E-state index in [1.165, 1.54) is 183 Å². The summed E-state index contributed by atoms with van der Waals surface area (Å²) in [7, 11) is 8.11. The highest BCUT2D eigenvalue weighted by Gasteiger charge is 2.19. The number of hydrogen-bond donors (Lipinski definition) is 0. The van der Waals surface area contributed by atoms with Crippen molar-refractivity contribution in [2.75, 3.05) is 6.16 Å². The third-order valence-corrected chi connectivity index (χ3v) is 31.1. The van der Waals surface area contributed by atoms with Gasteiger partial charge in [0.1, 0.15) is 0 Å². The van der Waals surface area contributed by atoms with Gasteiger partial charge >= 0.3 is 0 Å². The van der Waals surface area contributed by atoms with Crippen molar-refractivity contribution in [2.45, 2.75) is 255 Å². The lowest BCUT2D eigenvalue weighted by Gasteiger charge is -2.26. The van der Waals surface area contributed by atoms with Gasteiger partial charge in [-0.15, -0.1) is 0 Å². The Balaban J connectivity index is 0.000000179. The highest BCUT2D eigenvalue weighted by atomic mass is 31.1. The summed E-state index contributed by atoms with van der Waals surface area (Å²) in [5.41, 5.74) is 5.75. The van der Waals surface area contributed by atoms with Crippen LogP contribution in [0.4, 0.5) is 0 Å². The van der Waals surface area contributed by atoms with E-state index in [9.17, 15) is 0 Å². The van der Waals surface area contributed by atoms with Crippen LogP contribution in [0.5, 0.6) is 0 Å². The molecule has 8 unspecified atom stereocenters. The van der Waals surface area contributed by atoms with Crippen LogP contribution in [0, 0.1) is 11.8 Å². The molecule has 0 heterocycles. The topological polar surface area (TPSA) is 0 Å². The van der Waals surface area contributed by atoms with E-state index in [1.54, 1.807) is 26.5 Å². The van der Waals surface area contributed by atoms with E-state index >= 15 is 0 Å². The summed E-state index contributed by atoms with van der Waals surface area (Å²) < 4.78 is 0. The van der Waals surface area contributed by atoms with Gasteiger partial charge in [0.15, 0.2) is 0 Å². The first-order valence-electron chi connectivity index (χ1n) is 38.8. The molecule has 0 bridgehead atoms. The van der Waals surface area contributed by atoms with Crippen molar-refractivity contribution >= 4 is 111 Å². The highest BCUT2D eigenvalue weighted by molar-refractivity contribution is 7.50. The molecule has 8 heteroatoms. The fourth-order valence-corrected chi connectivity index (χ4v) is 24.2. The van der Waals surface area contributed by atoms with Gasteiger partial charge in [0.25, 0.3) is 0 Å². The standard InChI is InChI=1S/3C13H19P.C12H17P.C11H15P.2C10H15P.C9H13P/c1-11-7-9-13(10-8-11)14-12-5-3-2-4-6-12;2*1-2-5-9-12(8-4-1)14-13-10-6-3-7-11-13;1-3-7-11(8-4-1)13-12-9-5-2-6-10-12;1-2-6-10(7-3-1)12-11-8-4-5-9-11;1-10(2,3)11-9-7-5-4-6-8-9;1-9(2)8-11-10-6-4-3-5-7-10;1-8(2)10-9-6-4-3-5-7-9/h2-6,11,13-14H,7-10H2,1H3;2*3,6-7,10-12,14H,1-2,4-5,8-9H2;1,3-4,7-8,12-13H,2,5-6,9-10H2;1-3,6-7,11-12H,4-5,8-9H2;4-8,11H,1-3H3;3-7,9,11H,8H2,1-2H3;3-8,10H,1-2H3. The maximum absolute atomic E-state index is 2.39. The van der Waals surface area contributed by atoms with E-state index in [1.807, 2.05) is 0 Å². The van der Waals surface area contributed by atoms with Crippen LogP contribution in [0.25, 0.3) is 0 Å². The molecule has 5 fully saturated rings. The Morgan fingerprint density at radius 3 is 0.747 bits per heavy atom. The Hall–Kier alpha value is -2.80. The molecule has 5 aliphatic rings. The Labute approximate surface area is 622 Å². The molecule has 0 radical (unpaired) electrons. The molecule has 0 aliphatic heterocycles. The summed E-state index contributed by atoms with van der Waals surface area (Å²) in [6.45, 7) is 18.3. The lowest BCUT2D eigenvalue weighted by Crippen LogP contribution is -2.15. The van der Waals surface area contributed by atoms with Crippen molar-refractivity contribution in [1.82, 2.24) is 0 Å². The molecule has 99 heavy (non-hydrogen) atoms. The van der Waals surface area contributed by atoms with Gasteiger partial charge in [-0.3, -0.25) is 0 Å². The molecule has 0 nitrogen and oxygen atoms in total. The van der Waals surface area contributed by atoms with Gasteiger partial charge in [-0.1, -0.05) is 463 Å². The van der Waals surface area contributed by atoms with Crippen molar-refractivity contribution in [1.29, 1.82) is 0 Å². The van der Waals surface area contributed by atoms with Crippen LogP contribution >= 0.6 is 68.6 Å². The van der Waals surface area contributed by atoms with Gasteiger partial charge in [-0.25, -0.2) is 0 Å². The molecule has 0 N–H and O–H groups in total. The van der Waals surface area contributed by atoms with Gasteiger partial charge in [0.2, 0.25) is 0 Å². The molecule has 8 aromatic carbocycles. The van der Waals surface area contributed by atoms with Crippen LogP contribution in [0.2, 0.25) is 0 Å². The SMILES string of the molecule is CC(C)(C)Pc1ccccc1.CC(C)CPc1ccccc1.CC(C)Pc1ccccc1.CC1CCC(Pc2ccccc2)CC1.c1ccc(PC2CCCC2)cc1.c1ccc(PC2CCCCC2)cc1.c1ccc(PC2CCCCCC2)cc1.c1ccc(PC2CCCCCC2)cc1. The molecule has 8 atom stereocenters. The van der Waals surface area contributed by atoms with Gasteiger partial charge in [-0.05, 0) is 164 Å². The molecular formula is C91H132P8. The maximum Gasteiger partial charge on any atom is -0.0166 e. The molecule has 5 saturated carbocycles. The summed E-state index contributed by atoms with van der Waals surface area (Å²) in [5.74, 6) is 1.81. The smallest absolute Gasteiger partial charge is 0.0166 e. The Kier molecular flexibility index (Phi) is 46.3. The van der Waals surface area contributed by atoms with Crippen LogP contribution in [0.3, 0.4) is 0 Å². The van der Waals surface area contributed by atoms with Crippen LogP contribution in [0.15, 0.2) is 243 Å². The minimum absolute atomic E-state index is 0.432. The van der Waals surface area contributed by atoms with Crippen LogP contribution in [0.1, 0.15) is 216 Å². The van der Waals surface area contributed by atoms with Crippen LogP contribution in [-0.4, -0.2) is 45.3 Å². The Morgan fingerprint density at radius 2 is 0.495 bits per heavy atom. The lowest BCUT2D eigenvalue weighted by atomic mass is 9.91. The second-order valence-electron chi connectivity index (χ2n) is 29.7. The molecule has 13 rings (SSSR count). The third-order valence-electron chi connectivity index (χ3n) is 18.4. The Bertz CT molecular complexity index is 3020.